The van der Waals surface area contributed by atoms with Gasteiger partial charge in [-0.25, -0.2) is 9.67 Å². The van der Waals surface area contributed by atoms with E-state index in [1.165, 1.54) is 36.5 Å². The van der Waals surface area contributed by atoms with Gasteiger partial charge in [0, 0.05) is 18.3 Å². The Hall–Kier alpha value is -3.64. The third-order valence-electron chi connectivity index (χ3n) is 3.84. The minimum Gasteiger partial charge on any atom is -0.468 e. The molecule has 13 heteroatoms. The summed E-state index contributed by atoms with van der Waals surface area (Å²) in [6.45, 7) is -1.82. The van der Waals surface area contributed by atoms with E-state index in [9.17, 15) is 31.1 Å². The summed E-state index contributed by atoms with van der Waals surface area (Å²) in [5.41, 5.74) is -1.42. The average Bonchev–Trinajstić information content (AvgIpc) is 3.20. The molecule has 0 bridgehead atoms. The maximum Gasteiger partial charge on any atom is 0.422 e. The summed E-state index contributed by atoms with van der Waals surface area (Å²) in [4.78, 5) is 16.0. The van der Waals surface area contributed by atoms with E-state index in [0.717, 1.165) is 16.9 Å². The molecule has 3 aromatic rings. The highest BCUT2D eigenvalue weighted by atomic mass is 19.4. The van der Waals surface area contributed by atoms with Crippen LogP contribution >= 0.6 is 0 Å². The van der Waals surface area contributed by atoms with Gasteiger partial charge in [-0.15, -0.1) is 5.10 Å². The van der Waals surface area contributed by atoms with Crippen LogP contribution in [0.5, 0.6) is 5.88 Å². The Balaban J connectivity index is 1.71. The molecule has 2 heterocycles. The second-order valence-electron chi connectivity index (χ2n) is 6.12. The molecule has 3 rings (SSSR count). The number of hydrogen-bond acceptors (Lipinski definition) is 5. The molecule has 1 aromatic carbocycles. The van der Waals surface area contributed by atoms with Gasteiger partial charge in [0.15, 0.2) is 12.3 Å². The van der Waals surface area contributed by atoms with Gasteiger partial charge in [0.05, 0.1) is 17.4 Å². The quantitative estimate of drug-likeness (QED) is 0.587. The molecule has 0 unspecified atom stereocenters. The van der Waals surface area contributed by atoms with Crippen molar-refractivity contribution in [1.82, 2.24) is 25.3 Å². The maximum atomic E-state index is 13.2. The molecule has 0 aliphatic heterocycles. The van der Waals surface area contributed by atoms with Crippen molar-refractivity contribution in [2.45, 2.75) is 18.9 Å². The van der Waals surface area contributed by atoms with E-state index in [1.807, 2.05) is 0 Å². The number of carbonyl (C=O) groups excluding carboxylic acids is 1. The number of para-hydroxylation sites is 1. The molecule has 0 aliphatic carbocycles. The first kappa shape index (κ1) is 22.1. The molecular formula is C18H13F6N5O2. The second-order valence-corrected chi connectivity index (χ2v) is 6.12. The summed E-state index contributed by atoms with van der Waals surface area (Å²) in [6, 6.07) is 7.45. The van der Waals surface area contributed by atoms with Crippen LogP contribution in [0.1, 0.15) is 21.6 Å². The minimum atomic E-state index is -4.64. The van der Waals surface area contributed by atoms with Gasteiger partial charge in [0.1, 0.15) is 0 Å². The number of carbonyl (C=O) groups is 1. The zero-order chi connectivity index (χ0) is 22.6. The lowest BCUT2D eigenvalue weighted by molar-refractivity contribution is -0.154. The molecule has 31 heavy (non-hydrogen) atoms. The first-order chi connectivity index (χ1) is 14.5. The number of benzene rings is 1. The first-order valence-corrected chi connectivity index (χ1v) is 8.55. The highest BCUT2D eigenvalue weighted by Crippen LogP contribution is 2.33. The number of nitrogens with one attached hydrogen (secondary N) is 1. The molecule has 1 N–H and O–H groups in total. The van der Waals surface area contributed by atoms with Crippen molar-refractivity contribution >= 4 is 5.91 Å². The van der Waals surface area contributed by atoms with Crippen LogP contribution < -0.4 is 10.1 Å². The normalized spacial score (nSPS) is 11.9. The fourth-order valence-electron chi connectivity index (χ4n) is 2.50. The Morgan fingerprint density at radius 3 is 2.52 bits per heavy atom. The number of alkyl halides is 6. The van der Waals surface area contributed by atoms with Gasteiger partial charge >= 0.3 is 12.4 Å². The largest absolute Gasteiger partial charge is 0.468 e. The van der Waals surface area contributed by atoms with Gasteiger partial charge in [-0.2, -0.15) is 26.3 Å². The SMILES string of the molecule is O=C(NCc1cccnc1OCC(F)(F)F)c1cn(-c2ccccc2C(F)(F)F)nn1. The molecule has 0 fully saturated rings. The molecular weight excluding hydrogens is 432 g/mol. The Morgan fingerprint density at radius 2 is 1.81 bits per heavy atom. The highest BCUT2D eigenvalue weighted by Gasteiger charge is 2.34. The molecule has 0 spiro atoms. The fraction of sp³-hybridized carbons (Fsp3) is 0.222. The third kappa shape index (κ3) is 5.71. The standard InChI is InChI=1S/C18H13F6N5O2/c19-17(20,21)10-31-16-11(4-3-7-25-16)8-26-15(30)13-9-29(28-27-13)14-6-2-1-5-12(14)18(22,23)24/h1-7,9H,8,10H2,(H,26,30). The molecule has 0 saturated carbocycles. The summed E-state index contributed by atoms with van der Waals surface area (Å²) in [7, 11) is 0. The lowest BCUT2D eigenvalue weighted by Crippen LogP contribution is -2.25. The summed E-state index contributed by atoms with van der Waals surface area (Å²) < 4.78 is 81.9. The number of aromatic nitrogens is 4. The van der Waals surface area contributed by atoms with Gasteiger partial charge < -0.3 is 10.1 Å². The van der Waals surface area contributed by atoms with Gasteiger partial charge in [-0.3, -0.25) is 4.79 Å². The maximum absolute atomic E-state index is 13.2. The van der Waals surface area contributed by atoms with Crippen molar-refractivity contribution in [3.05, 3.63) is 65.6 Å². The molecule has 2 aromatic heterocycles. The molecule has 0 saturated heterocycles. The predicted octanol–water partition coefficient (Wildman–Crippen LogP) is 3.55. The minimum absolute atomic E-state index is 0.162. The smallest absolute Gasteiger partial charge is 0.422 e. The van der Waals surface area contributed by atoms with E-state index < -0.39 is 30.4 Å². The first-order valence-electron chi connectivity index (χ1n) is 8.55. The van der Waals surface area contributed by atoms with E-state index in [0.29, 0.717) is 0 Å². The van der Waals surface area contributed by atoms with Crippen LogP contribution in [0.15, 0.2) is 48.8 Å². The summed E-state index contributed by atoms with van der Waals surface area (Å²) in [6.07, 6.45) is -6.98. The van der Waals surface area contributed by atoms with Gasteiger partial charge in [-0.1, -0.05) is 23.4 Å². The van der Waals surface area contributed by atoms with Gasteiger partial charge in [0.25, 0.3) is 5.91 Å². The summed E-state index contributed by atoms with van der Waals surface area (Å²) >= 11 is 0. The third-order valence-corrected chi connectivity index (χ3v) is 3.84. The van der Waals surface area contributed by atoms with Crippen molar-refractivity contribution in [3.63, 3.8) is 0 Å². The van der Waals surface area contributed by atoms with Crippen molar-refractivity contribution in [3.8, 4) is 11.6 Å². The van der Waals surface area contributed by atoms with E-state index >= 15 is 0 Å². The Kier molecular flexibility index (Phi) is 6.13. The second kappa shape index (κ2) is 8.62. The monoisotopic (exact) mass is 445 g/mol. The topological polar surface area (TPSA) is 81.9 Å². The lowest BCUT2D eigenvalue weighted by Gasteiger charge is -2.12. The van der Waals surface area contributed by atoms with Crippen LogP contribution in [0.25, 0.3) is 5.69 Å². The van der Waals surface area contributed by atoms with Crippen molar-refractivity contribution in [2.24, 2.45) is 0 Å². The predicted molar refractivity (Wildman–Crippen MR) is 93.3 cm³/mol. The van der Waals surface area contributed by atoms with E-state index in [1.54, 1.807) is 0 Å². The zero-order valence-corrected chi connectivity index (χ0v) is 15.4. The van der Waals surface area contributed by atoms with E-state index in [4.69, 9.17) is 0 Å². The number of rotatable bonds is 6. The van der Waals surface area contributed by atoms with Crippen LogP contribution in [-0.2, 0) is 12.7 Å². The van der Waals surface area contributed by atoms with Gasteiger partial charge in [0.2, 0.25) is 5.88 Å². The molecule has 0 aliphatic rings. The number of hydrogen-bond donors (Lipinski definition) is 1. The number of nitrogens with zero attached hydrogens (tertiary/aromatic N) is 4. The fourth-order valence-corrected chi connectivity index (χ4v) is 2.50. The van der Waals surface area contributed by atoms with Gasteiger partial charge in [-0.05, 0) is 18.2 Å². The Morgan fingerprint density at radius 1 is 1.06 bits per heavy atom. The summed E-state index contributed by atoms with van der Waals surface area (Å²) in [5.74, 6) is -1.12. The van der Waals surface area contributed by atoms with Crippen molar-refractivity contribution in [1.29, 1.82) is 0 Å². The van der Waals surface area contributed by atoms with Crippen LogP contribution in [-0.4, -0.2) is 38.7 Å². The Bertz CT molecular complexity index is 1060. The number of amides is 1. The molecule has 0 atom stereocenters. The number of ether oxygens (including phenoxy) is 1. The van der Waals surface area contributed by atoms with Crippen molar-refractivity contribution in [2.75, 3.05) is 6.61 Å². The lowest BCUT2D eigenvalue weighted by atomic mass is 10.1. The van der Waals surface area contributed by atoms with E-state index in [2.05, 4.69) is 25.3 Å². The molecule has 7 nitrogen and oxygen atoms in total. The van der Waals surface area contributed by atoms with Crippen LogP contribution in [0.4, 0.5) is 26.3 Å². The molecule has 1 amide bonds. The van der Waals surface area contributed by atoms with Crippen LogP contribution in [0, 0.1) is 0 Å². The molecule has 0 radical (unpaired) electrons. The highest BCUT2D eigenvalue weighted by molar-refractivity contribution is 5.91. The van der Waals surface area contributed by atoms with Crippen molar-refractivity contribution < 1.29 is 35.9 Å². The van der Waals surface area contributed by atoms with Crippen LogP contribution in [0.2, 0.25) is 0 Å². The average molecular weight is 445 g/mol. The number of halogens is 6. The number of pyridine rings is 1. The Labute approximate surface area is 170 Å². The molecule has 164 valence electrons. The van der Waals surface area contributed by atoms with Crippen LogP contribution in [0.3, 0.4) is 0 Å². The zero-order valence-electron chi connectivity index (χ0n) is 15.4. The van der Waals surface area contributed by atoms with E-state index in [-0.39, 0.29) is 29.4 Å². The summed E-state index contributed by atoms with van der Waals surface area (Å²) in [5, 5.41) is 9.50.